The second-order valence-corrected chi connectivity index (χ2v) is 8.77. The number of benzene rings is 1. The summed E-state index contributed by atoms with van der Waals surface area (Å²) in [5.41, 5.74) is 2.52. The molecule has 2 saturated heterocycles. The lowest BCUT2D eigenvalue weighted by atomic mass is 9.78. The van der Waals surface area contributed by atoms with Crippen LogP contribution < -0.4 is 10.2 Å². The highest BCUT2D eigenvalue weighted by atomic mass is 16.4. The summed E-state index contributed by atoms with van der Waals surface area (Å²) in [4.78, 5) is 19.0. The molecular formula is C24H28N4O2. The first-order valence-corrected chi connectivity index (χ1v) is 10.8. The van der Waals surface area contributed by atoms with Crippen molar-refractivity contribution in [1.82, 2.24) is 14.9 Å². The van der Waals surface area contributed by atoms with Crippen LogP contribution in [0.1, 0.15) is 48.1 Å². The number of pyridine rings is 1. The number of rotatable bonds is 4. The number of carboxylic acids is 1. The summed E-state index contributed by atoms with van der Waals surface area (Å²) < 4.78 is 2.22. The van der Waals surface area contributed by atoms with Gasteiger partial charge in [-0.1, -0.05) is 18.2 Å². The summed E-state index contributed by atoms with van der Waals surface area (Å²) in [6, 6.07) is 13.4. The fourth-order valence-corrected chi connectivity index (χ4v) is 5.29. The van der Waals surface area contributed by atoms with Gasteiger partial charge in [0.2, 0.25) is 0 Å². The maximum absolute atomic E-state index is 11.8. The van der Waals surface area contributed by atoms with E-state index in [9.17, 15) is 9.90 Å². The smallest absolute Gasteiger partial charge is 0.336 e. The van der Waals surface area contributed by atoms with Crippen molar-refractivity contribution in [3.05, 3.63) is 59.8 Å². The Hall–Kier alpha value is -2.86. The Kier molecular flexibility index (Phi) is 4.74. The molecule has 2 N–H and O–H groups in total. The molecule has 2 aromatic heterocycles. The molecule has 6 heteroatoms. The van der Waals surface area contributed by atoms with E-state index in [4.69, 9.17) is 0 Å². The van der Waals surface area contributed by atoms with Gasteiger partial charge in [-0.25, -0.2) is 9.78 Å². The Morgan fingerprint density at radius 1 is 1.17 bits per heavy atom. The van der Waals surface area contributed by atoms with Crippen molar-refractivity contribution in [3.63, 3.8) is 0 Å². The van der Waals surface area contributed by atoms with Gasteiger partial charge in [0.15, 0.2) is 0 Å². The molecule has 0 aliphatic carbocycles. The van der Waals surface area contributed by atoms with Crippen LogP contribution in [0.5, 0.6) is 0 Å². The second kappa shape index (κ2) is 7.43. The van der Waals surface area contributed by atoms with Crippen LogP contribution in [-0.4, -0.2) is 46.8 Å². The van der Waals surface area contributed by atoms with E-state index in [1.54, 1.807) is 12.1 Å². The molecule has 1 aromatic carbocycles. The van der Waals surface area contributed by atoms with E-state index in [0.29, 0.717) is 11.0 Å². The number of hydrogen-bond acceptors (Lipinski definition) is 4. The van der Waals surface area contributed by atoms with Crippen molar-refractivity contribution in [2.75, 3.05) is 31.1 Å². The maximum Gasteiger partial charge on any atom is 0.336 e. The lowest BCUT2D eigenvalue weighted by Crippen LogP contribution is -2.42. The van der Waals surface area contributed by atoms with Crippen molar-refractivity contribution < 1.29 is 9.90 Å². The topological polar surface area (TPSA) is 70.4 Å². The average Bonchev–Trinajstić information content (AvgIpc) is 3.38. The highest BCUT2D eigenvalue weighted by Gasteiger charge is 2.38. The molecule has 6 nitrogen and oxygen atoms in total. The minimum absolute atomic E-state index is 0.135. The molecular weight excluding hydrogens is 376 g/mol. The number of nitrogens with zero attached hydrogens (tertiary/aromatic N) is 3. The molecule has 5 rings (SSSR count). The van der Waals surface area contributed by atoms with Crippen LogP contribution in [0, 0.1) is 5.41 Å². The van der Waals surface area contributed by atoms with Crippen LogP contribution in [0.2, 0.25) is 0 Å². The Labute approximate surface area is 176 Å². The quantitative estimate of drug-likeness (QED) is 0.690. The van der Waals surface area contributed by atoms with E-state index >= 15 is 0 Å². The van der Waals surface area contributed by atoms with Crippen molar-refractivity contribution in [2.24, 2.45) is 5.41 Å². The number of aromatic nitrogens is 2. The number of hydrogen-bond donors (Lipinski definition) is 2. The van der Waals surface area contributed by atoms with Gasteiger partial charge in [0.25, 0.3) is 0 Å². The molecule has 1 unspecified atom stereocenters. The molecule has 0 bridgehead atoms. The van der Waals surface area contributed by atoms with Gasteiger partial charge in [0.1, 0.15) is 11.5 Å². The van der Waals surface area contributed by atoms with Crippen molar-refractivity contribution in [2.45, 2.75) is 32.2 Å². The molecule has 0 amide bonds. The molecule has 1 spiro atoms. The monoisotopic (exact) mass is 404 g/mol. The Bertz CT molecular complexity index is 1070. The predicted octanol–water partition coefficient (Wildman–Crippen LogP) is 3.92. The number of carboxylic acid groups (broad SMARTS) is 1. The largest absolute Gasteiger partial charge is 0.478 e. The third-order valence-corrected chi connectivity index (χ3v) is 7.09. The van der Waals surface area contributed by atoms with E-state index < -0.39 is 5.97 Å². The number of piperidine rings is 1. The van der Waals surface area contributed by atoms with E-state index in [1.165, 1.54) is 19.3 Å². The first-order chi connectivity index (χ1) is 14.6. The Morgan fingerprint density at radius 3 is 2.70 bits per heavy atom. The fraction of sp³-hybridized carbons (Fsp3) is 0.417. The number of aromatic carboxylic acids is 1. The minimum atomic E-state index is -0.892. The lowest BCUT2D eigenvalue weighted by molar-refractivity contribution is 0.0695. The van der Waals surface area contributed by atoms with Crippen molar-refractivity contribution in [1.29, 1.82) is 0 Å². The van der Waals surface area contributed by atoms with E-state index in [0.717, 1.165) is 48.6 Å². The fourth-order valence-electron chi connectivity index (χ4n) is 5.29. The molecule has 30 heavy (non-hydrogen) atoms. The predicted molar refractivity (Wildman–Crippen MR) is 118 cm³/mol. The summed E-state index contributed by atoms with van der Waals surface area (Å²) in [6.45, 7) is 6.38. The highest BCUT2D eigenvalue weighted by Crippen LogP contribution is 2.40. The SMILES string of the molecule is CC(c1ccccc1C(=O)O)n1c(N2CCC3(CCNC3)CC2)cc2cccnc21. The zero-order valence-corrected chi connectivity index (χ0v) is 17.3. The molecule has 2 aliphatic heterocycles. The zero-order chi connectivity index (χ0) is 20.7. The molecule has 0 saturated carbocycles. The van der Waals surface area contributed by atoms with Crippen molar-refractivity contribution in [3.8, 4) is 0 Å². The molecule has 156 valence electrons. The van der Waals surface area contributed by atoms with Gasteiger partial charge in [-0.2, -0.15) is 0 Å². The van der Waals surface area contributed by atoms with E-state index in [2.05, 4.69) is 38.8 Å². The van der Waals surface area contributed by atoms with Crippen LogP contribution in [0.3, 0.4) is 0 Å². The van der Waals surface area contributed by atoms with Crippen LogP contribution in [0.4, 0.5) is 5.82 Å². The van der Waals surface area contributed by atoms with Gasteiger partial charge in [0, 0.05) is 31.2 Å². The van der Waals surface area contributed by atoms with E-state index in [-0.39, 0.29) is 6.04 Å². The molecule has 3 aromatic rings. The standard InChI is InChI=1S/C24H28N4O2/c1-17(19-6-2-3-7-20(19)23(29)30)28-21(15-18-5-4-11-26-22(18)28)27-13-9-24(10-14-27)8-12-25-16-24/h2-7,11,15,17,25H,8-10,12-14,16H2,1H3,(H,29,30). The summed E-state index contributed by atoms with van der Waals surface area (Å²) >= 11 is 0. The summed E-state index contributed by atoms with van der Waals surface area (Å²) in [6.07, 6.45) is 5.46. The number of anilines is 1. The van der Waals surface area contributed by atoms with Crippen LogP contribution >= 0.6 is 0 Å². The van der Waals surface area contributed by atoms with Crippen LogP contribution in [-0.2, 0) is 0 Å². The van der Waals surface area contributed by atoms with Crippen LogP contribution in [0.25, 0.3) is 11.0 Å². The average molecular weight is 405 g/mol. The van der Waals surface area contributed by atoms with Gasteiger partial charge in [-0.05, 0) is 68.0 Å². The summed E-state index contributed by atoms with van der Waals surface area (Å²) in [7, 11) is 0. The maximum atomic E-state index is 11.8. The minimum Gasteiger partial charge on any atom is -0.478 e. The number of fused-ring (bicyclic) bond motifs is 1. The van der Waals surface area contributed by atoms with Gasteiger partial charge < -0.3 is 19.9 Å². The molecule has 0 radical (unpaired) electrons. The third kappa shape index (κ3) is 3.16. The third-order valence-electron chi connectivity index (χ3n) is 7.09. The van der Waals surface area contributed by atoms with Crippen LogP contribution in [0.15, 0.2) is 48.7 Å². The number of nitrogens with one attached hydrogen (secondary N) is 1. The summed E-state index contributed by atoms with van der Waals surface area (Å²) in [5.74, 6) is 0.245. The van der Waals surface area contributed by atoms with Gasteiger partial charge >= 0.3 is 5.97 Å². The molecule has 2 aliphatic rings. The zero-order valence-electron chi connectivity index (χ0n) is 17.3. The molecule has 4 heterocycles. The van der Waals surface area contributed by atoms with Crippen molar-refractivity contribution >= 4 is 22.8 Å². The highest BCUT2D eigenvalue weighted by molar-refractivity contribution is 5.90. The number of carbonyl (C=O) groups is 1. The van der Waals surface area contributed by atoms with Gasteiger partial charge in [-0.15, -0.1) is 0 Å². The molecule has 2 fully saturated rings. The first-order valence-electron chi connectivity index (χ1n) is 10.8. The van der Waals surface area contributed by atoms with E-state index in [1.807, 2.05) is 24.4 Å². The molecule has 1 atom stereocenters. The van der Waals surface area contributed by atoms with Gasteiger partial charge in [0.05, 0.1) is 11.6 Å². The normalized spacial score (nSPS) is 19.4. The Balaban J connectivity index is 1.56. The summed E-state index contributed by atoms with van der Waals surface area (Å²) in [5, 5.41) is 14.4. The second-order valence-electron chi connectivity index (χ2n) is 8.77. The Morgan fingerprint density at radius 2 is 1.97 bits per heavy atom. The van der Waals surface area contributed by atoms with Gasteiger partial charge in [-0.3, -0.25) is 0 Å². The lowest BCUT2D eigenvalue weighted by Gasteiger charge is -2.40. The first kappa shape index (κ1) is 19.1.